The Morgan fingerprint density at radius 1 is 1.15 bits per heavy atom. The van der Waals surface area contributed by atoms with E-state index in [4.69, 9.17) is 5.73 Å². The number of aromatic nitrogens is 2. The molecule has 0 unspecified atom stereocenters. The fraction of sp³-hybridized carbons (Fsp3) is 0.125. The first-order valence-corrected chi connectivity index (χ1v) is 6.48. The molecule has 4 nitrogen and oxygen atoms in total. The van der Waals surface area contributed by atoms with Crippen molar-refractivity contribution < 1.29 is 0 Å². The number of pyridine rings is 2. The van der Waals surface area contributed by atoms with Crippen LogP contribution in [-0.4, -0.2) is 17.0 Å². The highest BCUT2D eigenvalue weighted by atomic mass is 15.0. The molecule has 3 aromatic rings. The molecule has 2 aromatic heterocycles. The van der Waals surface area contributed by atoms with Crippen LogP contribution in [0.2, 0.25) is 0 Å². The summed E-state index contributed by atoms with van der Waals surface area (Å²) in [6, 6.07) is 9.83. The minimum Gasteiger partial charge on any atom is -0.399 e. The van der Waals surface area contributed by atoms with Gasteiger partial charge in [-0.3, -0.25) is 4.98 Å². The van der Waals surface area contributed by atoms with Crippen molar-refractivity contribution in [1.29, 1.82) is 0 Å². The smallest absolute Gasteiger partial charge is 0.135 e. The van der Waals surface area contributed by atoms with Crippen molar-refractivity contribution in [2.75, 3.05) is 18.1 Å². The quantitative estimate of drug-likeness (QED) is 0.697. The van der Waals surface area contributed by atoms with E-state index < -0.39 is 0 Å². The molecular formula is C16H16N4. The Morgan fingerprint density at radius 2 is 2.00 bits per heavy atom. The van der Waals surface area contributed by atoms with Crippen LogP contribution in [0.1, 0.15) is 5.56 Å². The highest BCUT2D eigenvalue weighted by molar-refractivity contribution is 5.99. The predicted molar refractivity (Wildman–Crippen MR) is 83.7 cm³/mol. The van der Waals surface area contributed by atoms with Crippen molar-refractivity contribution in [3.8, 4) is 11.1 Å². The molecule has 0 aliphatic carbocycles. The lowest BCUT2D eigenvalue weighted by atomic mass is 9.98. The van der Waals surface area contributed by atoms with E-state index in [0.29, 0.717) is 0 Å². The van der Waals surface area contributed by atoms with Gasteiger partial charge < -0.3 is 11.1 Å². The van der Waals surface area contributed by atoms with E-state index in [1.54, 1.807) is 6.20 Å². The number of fused-ring (bicyclic) bond motifs is 1. The summed E-state index contributed by atoms with van der Waals surface area (Å²) in [5.41, 5.74) is 10.8. The maximum absolute atomic E-state index is 5.94. The van der Waals surface area contributed by atoms with Gasteiger partial charge in [-0.05, 0) is 42.3 Å². The maximum Gasteiger partial charge on any atom is 0.135 e. The molecule has 0 aliphatic rings. The summed E-state index contributed by atoms with van der Waals surface area (Å²) in [6.07, 6.45) is 3.63. The molecule has 4 heteroatoms. The van der Waals surface area contributed by atoms with Crippen molar-refractivity contribution in [1.82, 2.24) is 9.97 Å². The second-order valence-electron chi connectivity index (χ2n) is 4.75. The summed E-state index contributed by atoms with van der Waals surface area (Å²) in [4.78, 5) is 9.00. The van der Waals surface area contributed by atoms with Crippen LogP contribution in [0.5, 0.6) is 0 Å². The summed E-state index contributed by atoms with van der Waals surface area (Å²) in [5, 5.41) is 4.16. The number of aryl methyl sites for hydroxylation is 1. The molecule has 0 radical (unpaired) electrons. The van der Waals surface area contributed by atoms with E-state index >= 15 is 0 Å². The second-order valence-corrected chi connectivity index (χ2v) is 4.75. The van der Waals surface area contributed by atoms with E-state index in [0.717, 1.165) is 39.1 Å². The minimum absolute atomic E-state index is 0.737. The third-order valence-corrected chi connectivity index (χ3v) is 3.41. The van der Waals surface area contributed by atoms with Crippen LogP contribution in [0.25, 0.3) is 22.0 Å². The zero-order chi connectivity index (χ0) is 14.1. The largest absolute Gasteiger partial charge is 0.399 e. The van der Waals surface area contributed by atoms with Crippen molar-refractivity contribution in [3.05, 3.63) is 48.3 Å². The predicted octanol–water partition coefficient (Wildman–Crippen LogP) is 3.23. The van der Waals surface area contributed by atoms with Crippen molar-refractivity contribution in [2.24, 2.45) is 0 Å². The van der Waals surface area contributed by atoms with Crippen molar-refractivity contribution >= 4 is 22.4 Å². The van der Waals surface area contributed by atoms with Crippen LogP contribution < -0.4 is 11.1 Å². The lowest BCUT2D eigenvalue weighted by Crippen LogP contribution is -1.99. The Morgan fingerprint density at radius 3 is 2.80 bits per heavy atom. The Bertz CT molecular complexity index is 781. The number of hydrogen-bond donors (Lipinski definition) is 2. The SMILES string of the molecule is CNc1ncc2cccnc2c1-c1cc(N)ccc1C. The first kappa shape index (κ1) is 12.4. The standard InChI is InChI=1S/C16H16N4/c1-10-5-6-12(17)8-13(10)14-15-11(4-3-7-19-15)9-20-16(14)18-2/h3-9H,17H2,1-2H3,(H,18,20). The average Bonchev–Trinajstić information content (AvgIpc) is 2.48. The third kappa shape index (κ3) is 1.95. The fourth-order valence-electron chi connectivity index (χ4n) is 2.40. The number of benzene rings is 1. The molecule has 1 aromatic carbocycles. The van der Waals surface area contributed by atoms with Crippen LogP contribution in [0.4, 0.5) is 11.5 Å². The van der Waals surface area contributed by atoms with Crippen LogP contribution in [0, 0.1) is 6.92 Å². The molecule has 100 valence electrons. The van der Waals surface area contributed by atoms with Gasteiger partial charge in [0, 0.05) is 30.5 Å². The van der Waals surface area contributed by atoms with Gasteiger partial charge in [-0.25, -0.2) is 4.98 Å². The van der Waals surface area contributed by atoms with Gasteiger partial charge in [0.1, 0.15) is 5.82 Å². The monoisotopic (exact) mass is 264 g/mol. The molecule has 0 bridgehead atoms. The summed E-state index contributed by atoms with van der Waals surface area (Å²) in [6.45, 7) is 2.07. The van der Waals surface area contributed by atoms with Crippen LogP contribution in [-0.2, 0) is 0 Å². The van der Waals surface area contributed by atoms with E-state index in [2.05, 4.69) is 22.2 Å². The maximum atomic E-state index is 5.94. The van der Waals surface area contributed by atoms with Crippen molar-refractivity contribution in [3.63, 3.8) is 0 Å². The lowest BCUT2D eigenvalue weighted by Gasteiger charge is -2.13. The summed E-state index contributed by atoms with van der Waals surface area (Å²) < 4.78 is 0. The summed E-state index contributed by atoms with van der Waals surface area (Å²) in [5.74, 6) is 0.810. The van der Waals surface area contributed by atoms with Crippen molar-refractivity contribution in [2.45, 2.75) is 6.92 Å². The number of hydrogen-bond acceptors (Lipinski definition) is 4. The lowest BCUT2D eigenvalue weighted by molar-refractivity contribution is 1.28. The molecule has 3 rings (SSSR count). The van der Waals surface area contributed by atoms with Crippen LogP contribution in [0.3, 0.4) is 0 Å². The Kier molecular flexibility index (Phi) is 2.99. The number of nitrogens with one attached hydrogen (secondary N) is 1. The number of nitrogens with zero attached hydrogens (tertiary/aromatic N) is 2. The molecule has 0 saturated carbocycles. The molecule has 0 aliphatic heterocycles. The number of anilines is 2. The third-order valence-electron chi connectivity index (χ3n) is 3.41. The number of rotatable bonds is 2. The highest BCUT2D eigenvalue weighted by Gasteiger charge is 2.13. The second kappa shape index (κ2) is 4.81. The average molecular weight is 264 g/mol. The molecule has 0 fully saturated rings. The first-order valence-electron chi connectivity index (χ1n) is 6.48. The summed E-state index contributed by atoms with van der Waals surface area (Å²) >= 11 is 0. The van der Waals surface area contributed by atoms with Gasteiger partial charge in [-0.15, -0.1) is 0 Å². The molecule has 3 N–H and O–H groups in total. The Labute approximate surface area is 117 Å². The van der Waals surface area contributed by atoms with E-state index in [1.165, 1.54) is 0 Å². The van der Waals surface area contributed by atoms with E-state index in [-0.39, 0.29) is 0 Å². The molecule has 0 atom stereocenters. The number of nitrogens with two attached hydrogens (primary N) is 1. The van der Waals surface area contributed by atoms with Gasteiger partial charge in [-0.2, -0.15) is 0 Å². The van der Waals surface area contributed by atoms with E-state index in [1.807, 2.05) is 43.6 Å². The topological polar surface area (TPSA) is 63.8 Å². The molecular weight excluding hydrogens is 248 g/mol. The summed E-state index contributed by atoms with van der Waals surface area (Å²) in [7, 11) is 1.86. The van der Waals surface area contributed by atoms with Gasteiger partial charge in [0.25, 0.3) is 0 Å². The zero-order valence-corrected chi connectivity index (χ0v) is 11.5. The van der Waals surface area contributed by atoms with Gasteiger partial charge in [-0.1, -0.05) is 6.07 Å². The Balaban J connectivity index is 2.41. The minimum atomic E-state index is 0.737. The van der Waals surface area contributed by atoms with Crippen LogP contribution >= 0.6 is 0 Å². The molecule has 2 heterocycles. The van der Waals surface area contributed by atoms with E-state index in [9.17, 15) is 0 Å². The van der Waals surface area contributed by atoms with Gasteiger partial charge in [0.05, 0.1) is 11.1 Å². The molecule has 20 heavy (non-hydrogen) atoms. The highest BCUT2D eigenvalue weighted by Crippen LogP contribution is 2.35. The van der Waals surface area contributed by atoms with Gasteiger partial charge >= 0.3 is 0 Å². The zero-order valence-electron chi connectivity index (χ0n) is 11.5. The fourth-order valence-corrected chi connectivity index (χ4v) is 2.40. The molecule has 0 amide bonds. The molecule has 0 spiro atoms. The Hall–Kier alpha value is -2.62. The first-order chi connectivity index (χ1) is 9.70. The van der Waals surface area contributed by atoms with Gasteiger partial charge in [0.2, 0.25) is 0 Å². The molecule has 0 saturated heterocycles. The normalized spacial score (nSPS) is 10.7. The number of nitrogen functional groups attached to an aromatic ring is 1. The van der Waals surface area contributed by atoms with Crippen LogP contribution in [0.15, 0.2) is 42.7 Å². The van der Waals surface area contributed by atoms with Gasteiger partial charge in [0.15, 0.2) is 0 Å².